The van der Waals surface area contributed by atoms with Crippen molar-refractivity contribution in [2.75, 3.05) is 20.1 Å². The fourth-order valence-electron chi connectivity index (χ4n) is 1.64. The van der Waals surface area contributed by atoms with Gasteiger partial charge in [-0.2, -0.15) is 0 Å². The summed E-state index contributed by atoms with van der Waals surface area (Å²) in [6.45, 7) is 3.34. The second-order valence-corrected chi connectivity index (χ2v) is 4.06. The molecule has 0 saturated heterocycles. The molecule has 0 spiro atoms. The molecule has 0 aromatic carbocycles. The van der Waals surface area contributed by atoms with Crippen LogP contribution in [0.15, 0.2) is 16.8 Å². The molecule has 0 aliphatic heterocycles. The Hall–Kier alpha value is -1.95. The smallest absolute Gasteiger partial charge is 0.257 e. The maximum absolute atomic E-state index is 11.9. The molecular weight excluding hydrogens is 232 g/mol. The molecule has 2 N–H and O–H groups in total. The Kier molecular flexibility index (Phi) is 3.88. The molecule has 2 aromatic heterocycles. The van der Waals surface area contributed by atoms with Crippen LogP contribution in [0, 0.1) is 6.92 Å². The van der Waals surface area contributed by atoms with E-state index in [1.54, 1.807) is 6.07 Å². The van der Waals surface area contributed by atoms with E-state index in [-0.39, 0.29) is 5.91 Å². The van der Waals surface area contributed by atoms with Crippen LogP contribution >= 0.6 is 0 Å². The summed E-state index contributed by atoms with van der Waals surface area (Å²) in [7, 11) is 1.88. The normalized spacial score (nSPS) is 10.8. The number of aryl methyl sites for hydroxylation is 1. The van der Waals surface area contributed by atoms with Crippen LogP contribution in [-0.4, -0.2) is 36.2 Å². The highest BCUT2D eigenvalue weighted by atomic mass is 16.5. The van der Waals surface area contributed by atoms with Crippen LogP contribution < -0.4 is 10.6 Å². The van der Waals surface area contributed by atoms with Crippen molar-refractivity contribution in [3.05, 3.63) is 23.5 Å². The number of nitrogens with zero attached hydrogens (tertiary/aromatic N) is 2. The molecule has 0 unspecified atom stereocenters. The first-order valence-electron chi connectivity index (χ1n) is 5.87. The highest BCUT2D eigenvalue weighted by molar-refractivity contribution is 5.96. The average molecular weight is 248 g/mol. The number of fused-ring (bicyclic) bond motifs is 1. The third-order valence-corrected chi connectivity index (χ3v) is 2.66. The molecule has 2 heterocycles. The second kappa shape index (κ2) is 5.59. The Labute approximate surface area is 105 Å². The van der Waals surface area contributed by atoms with Crippen molar-refractivity contribution in [3.63, 3.8) is 0 Å². The van der Waals surface area contributed by atoms with Crippen molar-refractivity contribution in [3.8, 4) is 0 Å². The van der Waals surface area contributed by atoms with E-state index in [9.17, 15) is 4.79 Å². The van der Waals surface area contributed by atoms with Gasteiger partial charge >= 0.3 is 0 Å². The summed E-state index contributed by atoms with van der Waals surface area (Å²) < 4.78 is 5.00. The van der Waals surface area contributed by atoms with Gasteiger partial charge in [-0.05, 0) is 33.0 Å². The molecule has 0 aliphatic rings. The minimum absolute atomic E-state index is 0.124. The zero-order valence-corrected chi connectivity index (χ0v) is 10.5. The molecule has 0 bridgehead atoms. The summed E-state index contributed by atoms with van der Waals surface area (Å²) in [5, 5.41) is 10.4. The largest absolute Gasteiger partial charge is 0.352 e. The molecule has 6 nitrogen and oxygen atoms in total. The standard InChI is InChI=1S/C12H16N4O2/c1-8-10-6-9(7-15-12(10)18-16-8)11(17)14-5-3-4-13-2/h6-7,13H,3-5H2,1-2H3,(H,14,17). The summed E-state index contributed by atoms with van der Waals surface area (Å²) >= 11 is 0. The van der Waals surface area contributed by atoms with Gasteiger partial charge in [0.05, 0.1) is 16.6 Å². The van der Waals surface area contributed by atoms with E-state index < -0.39 is 0 Å². The first-order chi connectivity index (χ1) is 8.72. The monoisotopic (exact) mass is 248 g/mol. The molecule has 2 aromatic rings. The zero-order valence-electron chi connectivity index (χ0n) is 10.5. The maximum Gasteiger partial charge on any atom is 0.257 e. The molecule has 0 aliphatic carbocycles. The van der Waals surface area contributed by atoms with Gasteiger partial charge in [0.15, 0.2) is 0 Å². The quantitative estimate of drug-likeness (QED) is 0.767. The molecule has 18 heavy (non-hydrogen) atoms. The number of rotatable bonds is 5. The van der Waals surface area contributed by atoms with Gasteiger partial charge in [-0.25, -0.2) is 4.98 Å². The maximum atomic E-state index is 11.9. The van der Waals surface area contributed by atoms with Crippen LogP contribution in [0.1, 0.15) is 22.5 Å². The first kappa shape index (κ1) is 12.5. The van der Waals surface area contributed by atoms with Crippen molar-refractivity contribution >= 4 is 17.0 Å². The van der Waals surface area contributed by atoms with Crippen molar-refractivity contribution in [1.29, 1.82) is 0 Å². The number of nitrogens with one attached hydrogen (secondary N) is 2. The summed E-state index contributed by atoms with van der Waals surface area (Å²) in [6.07, 6.45) is 2.39. The SMILES string of the molecule is CNCCCNC(=O)c1cnc2onc(C)c2c1. The Bertz CT molecular complexity index is 550. The minimum atomic E-state index is -0.124. The second-order valence-electron chi connectivity index (χ2n) is 4.06. The van der Waals surface area contributed by atoms with Gasteiger partial charge in [0.25, 0.3) is 11.6 Å². The fourth-order valence-corrected chi connectivity index (χ4v) is 1.64. The van der Waals surface area contributed by atoms with Gasteiger partial charge in [-0.1, -0.05) is 5.16 Å². The van der Waals surface area contributed by atoms with E-state index in [1.165, 1.54) is 6.20 Å². The van der Waals surface area contributed by atoms with Crippen LogP contribution in [0.25, 0.3) is 11.1 Å². The zero-order chi connectivity index (χ0) is 13.0. The predicted molar refractivity (Wildman–Crippen MR) is 67.4 cm³/mol. The third-order valence-electron chi connectivity index (χ3n) is 2.66. The van der Waals surface area contributed by atoms with E-state index >= 15 is 0 Å². The number of aromatic nitrogens is 2. The highest BCUT2D eigenvalue weighted by Crippen LogP contribution is 2.16. The Morgan fingerprint density at radius 1 is 1.44 bits per heavy atom. The van der Waals surface area contributed by atoms with Crippen LogP contribution in [0.4, 0.5) is 0 Å². The number of carbonyl (C=O) groups excluding carboxylic acids is 1. The number of carbonyl (C=O) groups is 1. The first-order valence-corrected chi connectivity index (χ1v) is 5.87. The van der Waals surface area contributed by atoms with E-state index in [1.807, 2.05) is 14.0 Å². The van der Waals surface area contributed by atoms with Crippen molar-refractivity contribution in [2.24, 2.45) is 0 Å². The summed E-state index contributed by atoms with van der Waals surface area (Å²) in [5.41, 5.74) is 1.72. The van der Waals surface area contributed by atoms with Gasteiger partial charge in [-0.3, -0.25) is 4.79 Å². The molecule has 0 fully saturated rings. The van der Waals surface area contributed by atoms with Crippen molar-refractivity contribution in [2.45, 2.75) is 13.3 Å². The Morgan fingerprint density at radius 3 is 3.06 bits per heavy atom. The lowest BCUT2D eigenvalue weighted by Crippen LogP contribution is -2.26. The summed E-state index contributed by atoms with van der Waals surface area (Å²) in [6, 6.07) is 1.75. The van der Waals surface area contributed by atoms with Gasteiger partial charge < -0.3 is 15.2 Å². The van der Waals surface area contributed by atoms with Gasteiger partial charge in [-0.15, -0.1) is 0 Å². The lowest BCUT2D eigenvalue weighted by molar-refractivity contribution is 0.0953. The van der Waals surface area contributed by atoms with Crippen LogP contribution in [-0.2, 0) is 0 Å². The number of pyridine rings is 1. The number of amides is 1. The molecule has 0 radical (unpaired) electrons. The molecular formula is C12H16N4O2. The number of hydrogen-bond acceptors (Lipinski definition) is 5. The van der Waals surface area contributed by atoms with Gasteiger partial charge in [0.2, 0.25) is 0 Å². The van der Waals surface area contributed by atoms with Gasteiger partial charge in [0.1, 0.15) is 0 Å². The summed E-state index contributed by atoms with van der Waals surface area (Å²) in [5.74, 6) is -0.124. The number of hydrogen-bond donors (Lipinski definition) is 2. The highest BCUT2D eigenvalue weighted by Gasteiger charge is 2.10. The van der Waals surface area contributed by atoms with E-state index in [0.717, 1.165) is 24.0 Å². The molecule has 1 amide bonds. The third kappa shape index (κ3) is 2.65. The van der Waals surface area contributed by atoms with E-state index in [0.29, 0.717) is 17.8 Å². The van der Waals surface area contributed by atoms with Crippen molar-refractivity contribution in [1.82, 2.24) is 20.8 Å². The molecule has 0 saturated carbocycles. The average Bonchev–Trinajstić information content (AvgIpc) is 2.76. The van der Waals surface area contributed by atoms with Crippen LogP contribution in [0.2, 0.25) is 0 Å². The topological polar surface area (TPSA) is 80.0 Å². The predicted octanol–water partition coefficient (Wildman–Crippen LogP) is 0.871. The van der Waals surface area contributed by atoms with Crippen molar-refractivity contribution < 1.29 is 9.32 Å². The van der Waals surface area contributed by atoms with E-state index in [4.69, 9.17) is 4.52 Å². The Balaban J connectivity index is 2.05. The van der Waals surface area contributed by atoms with Gasteiger partial charge in [0, 0.05) is 12.7 Å². The summed E-state index contributed by atoms with van der Waals surface area (Å²) in [4.78, 5) is 15.9. The van der Waals surface area contributed by atoms with Crippen LogP contribution in [0.5, 0.6) is 0 Å². The van der Waals surface area contributed by atoms with Crippen LogP contribution in [0.3, 0.4) is 0 Å². The molecule has 96 valence electrons. The lowest BCUT2D eigenvalue weighted by Gasteiger charge is -2.04. The van der Waals surface area contributed by atoms with E-state index in [2.05, 4.69) is 20.8 Å². The fraction of sp³-hybridized carbons (Fsp3) is 0.417. The molecule has 6 heteroatoms. The minimum Gasteiger partial charge on any atom is -0.352 e. The molecule has 0 atom stereocenters. The lowest BCUT2D eigenvalue weighted by atomic mass is 10.2. The Morgan fingerprint density at radius 2 is 2.28 bits per heavy atom. The molecule has 2 rings (SSSR count).